The Morgan fingerprint density at radius 2 is 2.05 bits per heavy atom. The fourth-order valence-electron chi connectivity index (χ4n) is 2.80. The smallest absolute Gasteiger partial charge is 0.193 e. The second-order valence-corrected chi connectivity index (χ2v) is 6.25. The second kappa shape index (κ2) is 11.7. The topological polar surface area (TPSA) is 40.1 Å². The SMILES string of the molecule is CCCCN(C)C(=NCC1CCN(CCOC)CC1)NCC. The molecule has 0 amide bonds. The van der Waals surface area contributed by atoms with Crippen molar-refractivity contribution in [3.05, 3.63) is 0 Å². The first-order chi connectivity index (χ1) is 10.7. The van der Waals surface area contributed by atoms with Crippen molar-refractivity contribution in [1.29, 1.82) is 0 Å². The van der Waals surface area contributed by atoms with Crippen LogP contribution in [-0.2, 0) is 4.74 Å². The Morgan fingerprint density at radius 3 is 2.64 bits per heavy atom. The molecule has 5 nitrogen and oxygen atoms in total. The number of aliphatic imine (C=N–C) groups is 1. The van der Waals surface area contributed by atoms with Crippen LogP contribution in [-0.4, -0.2) is 75.8 Å². The number of ether oxygens (including phenoxy) is 1. The molecule has 1 aliphatic heterocycles. The molecule has 5 heteroatoms. The van der Waals surface area contributed by atoms with Crippen molar-refractivity contribution in [3.63, 3.8) is 0 Å². The summed E-state index contributed by atoms with van der Waals surface area (Å²) in [6.07, 6.45) is 4.96. The lowest BCUT2D eigenvalue weighted by Gasteiger charge is -2.31. The second-order valence-electron chi connectivity index (χ2n) is 6.25. The Kier molecular flexibility index (Phi) is 10.2. The molecule has 1 aliphatic rings. The van der Waals surface area contributed by atoms with E-state index < -0.39 is 0 Å². The zero-order valence-electron chi connectivity index (χ0n) is 15.1. The van der Waals surface area contributed by atoms with Gasteiger partial charge in [-0.3, -0.25) is 4.99 Å². The summed E-state index contributed by atoms with van der Waals surface area (Å²) >= 11 is 0. The summed E-state index contributed by atoms with van der Waals surface area (Å²) in [6.45, 7) is 11.6. The Labute approximate surface area is 137 Å². The summed E-state index contributed by atoms with van der Waals surface area (Å²) < 4.78 is 5.16. The predicted octanol–water partition coefficient (Wildman–Crippen LogP) is 2.04. The summed E-state index contributed by atoms with van der Waals surface area (Å²) in [5.41, 5.74) is 0. The van der Waals surface area contributed by atoms with Crippen LogP contribution in [0.4, 0.5) is 0 Å². The molecule has 0 unspecified atom stereocenters. The minimum atomic E-state index is 0.729. The largest absolute Gasteiger partial charge is 0.383 e. The van der Waals surface area contributed by atoms with Gasteiger partial charge in [0, 0.05) is 40.3 Å². The van der Waals surface area contributed by atoms with Crippen LogP contribution in [0.5, 0.6) is 0 Å². The molecule has 1 fully saturated rings. The van der Waals surface area contributed by atoms with E-state index in [-0.39, 0.29) is 0 Å². The number of nitrogens with one attached hydrogen (secondary N) is 1. The molecule has 1 rings (SSSR count). The zero-order valence-corrected chi connectivity index (χ0v) is 15.1. The van der Waals surface area contributed by atoms with Gasteiger partial charge >= 0.3 is 0 Å². The van der Waals surface area contributed by atoms with Crippen molar-refractivity contribution in [1.82, 2.24) is 15.1 Å². The molecule has 0 atom stereocenters. The molecule has 0 aromatic carbocycles. The Morgan fingerprint density at radius 1 is 1.32 bits per heavy atom. The van der Waals surface area contributed by atoms with Gasteiger partial charge in [0.25, 0.3) is 0 Å². The molecule has 0 aromatic heterocycles. The van der Waals surface area contributed by atoms with Crippen LogP contribution >= 0.6 is 0 Å². The summed E-state index contributed by atoms with van der Waals surface area (Å²) in [5, 5.41) is 3.42. The maximum atomic E-state index is 5.16. The summed E-state index contributed by atoms with van der Waals surface area (Å²) in [6, 6.07) is 0. The molecular weight excluding hydrogens is 276 g/mol. The standard InChI is InChI=1S/C17H36N4O/c1-5-7-10-20(3)17(18-6-2)19-15-16-8-11-21(12-9-16)13-14-22-4/h16H,5-15H2,1-4H3,(H,18,19). The molecule has 130 valence electrons. The van der Waals surface area contributed by atoms with E-state index in [1.54, 1.807) is 7.11 Å². The minimum absolute atomic E-state index is 0.729. The molecule has 0 aromatic rings. The van der Waals surface area contributed by atoms with Gasteiger partial charge in [-0.2, -0.15) is 0 Å². The van der Waals surface area contributed by atoms with E-state index in [1.807, 2.05) is 0 Å². The van der Waals surface area contributed by atoms with E-state index in [1.165, 1.54) is 38.8 Å². The van der Waals surface area contributed by atoms with Crippen LogP contribution in [0, 0.1) is 5.92 Å². The van der Waals surface area contributed by atoms with Crippen LogP contribution in [0.2, 0.25) is 0 Å². The van der Waals surface area contributed by atoms with Gasteiger partial charge < -0.3 is 19.9 Å². The maximum absolute atomic E-state index is 5.16. The quantitative estimate of drug-likeness (QED) is 0.522. The maximum Gasteiger partial charge on any atom is 0.193 e. The Balaban J connectivity index is 2.37. The van der Waals surface area contributed by atoms with Gasteiger partial charge in [0.05, 0.1) is 6.61 Å². The van der Waals surface area contributed by atoms with Crippen molar-refractivity contribution in [3.8, 4) is 0 Å². The molecule has 0 spiro atoms. The van der Waals surface area contributed by atoms with Crippen LogP contribution in [0.1, 0.15) is 39.5 Å². The molecule has 1 N–H and O–H groups in total. The first kappa shape index (κ1) is 19.2. The number of nitrogens with zero attached hydrogens (tertiary/aromatic N) is 3. The van der Waals surface area contributed by atoms with Crippen LogP contribution in [0.25, 0.3) is 0 Å². The lowest BCUT2D eigenvalue weighted by Crippen LogP contribution is -2.40. The number of likely N-dealkylation sites (tertiary alicyclic amines) is 1. The summed E-state index contributed by atoms with van der Waals surface area (Å²) in [5.74, 6) is 1.80. The molecule has 0 saturated carbocycles. The number of unbranched alkanes of at least 4 members (excludes halogenated alkanes) is 1. The normalized spacial score (nSPS) is 17.7. The molecular formula is C17H36N4O. The Bertz CT molecular complexity index is 301. The van der Waals surface area contributed by atoms with E-state index in [9.17, 15) is 0 Å². The minimum Gasteiger partial charge on any atom is -0.383 e. The molecule has 0 bridgehead atoms. The summed E-state index contributed by atoms with van der Waals surface area (Å²) in [7, 11) is 3.92. The van der Waals surface area contributed by atoms with E-state index in [2.05, 4.69) is 36.0 Å². The van der Waals surface area contributed by atoms with Crippen molar-refractivity contribution >= 4 is 5.96 Å². The number of hydrogen-bond acceptors (Lipinski definition) is 3. The fourth-order valence-corrected chi connectivity index (χ4v) is 2.80. The number of piperidine rings is 1. The Hall–Kier alpha value is -0.810. The van der Waals surface area contributed by atoms with Gasteiger partial charge in [-0.25, -0.2) is 0 Å². The highest BCUT2D eigenvalue weighted by molar-refractivity contribution is 5.79. The number of methoxy groups -OCH3 is 1. The van der Waals surface area contributed by atoms with Crippen LogP contribution < -0.4 is 5.32 Å². The zero-order chi connectivity index (χ0) is 16.2. The number of hydrogen-bond donors (Lipinski definition) is 1. The van der Waals surface area contributed by atoms with Crippen molar-refractivity contribution in [2.45, 2.75) is 39.5 Å². The predicted molar refractivity (Wildman–Crippen MR) is 94.6 cm³/mol. The molecule has 22 heavy (non-hydrogen) atoms. The first-order valence-corrected chi connectivity index (χ1v) is 8.92. The molecule has 0 aliphatic carbocycles. The third-order valence-corrected chi connectivity index (χ3v) is 4.36. The highest BCUT2D eigenvalue weighted by atomic mass is 16.5. The van der Waals surface area contributed by atoms with Gasteiger partial charge in [0.1, 0.15) is 0 Å². The van der Waals surface area contributed by atoms with Crippen molar-refractivity contribution < 1.29 is 4.74 Å². The van der Waals surface area contributed by atoms with Gasteiger partial charge in [-0.15, -0.1) is 0 Å². The van der Waals surface area contributed by atoms with Gasteiger partial charge in [0.15, 0.2) is 5.96 Å². The monoisotopic (exact) mass is 312 g/mol. The lowest BCUT2D eigenvalue weighted by atomic mass is 9.97. The van der Waals surface area contributed by atoms with Crippen LogP contribution in [0.15, 0.2) is 4.99 Å². The lowest BCUT2D eigenvalue weighted by molar-refractivity contribution is 0.121. The molecule has 0 radical (unpaired) electrons. The highest BCUT2D eigenvalue weighted by Crippen LogP contribution is 2.17. The van der Waals surface area contributed by atoms with E-state index >= 15 is 0 Å². The van der Waals surface area contributed by atoms with E-state index in [4.69, 9.17) is 9.73 Å². The fraction of sp³-hybridized carbons (Fsp3) is 0.941. The average Bonchev–Trinajstić information content (AvgIpc) is 2.55. The average molecular weight is 313 g/mol. The third kappa shape index (κ3) is 7.45. The highest BCUT2D eigenvalue weighted by Gasteiger charge is 2.19. The third-order valence-electron chi connectivity index (χ3n) is 4.36. The number of rotatable bonds is 9. The van der Waals surface area contributed by atoms with Crippen LogP contribution in [0.3, 0.4) is 0 Å². The number of guanidine groups is 1. The van der Waals surface area contributed by atoms with Crippen molar-refractivity contribution in [2.75, 3.05) is 60.0 Å². The van der Waals surface area contributed by atoms with Gasteiger partial charge in [-0.1, -0.05) is 13.3 Å². The first-order valence-electron chi connectivity index (χ1n) is 8.92. The molecule has 1 heterocycles. The van der Waals surface area contributed by atoms with E-state index in [0.29, 0.717) is 0 Å². The van der Waals surface area contributed by atoms with Gasteiger partial charge in [0.2, 0.25) is 0 Å². The van der Waals surface area contributed by atoms with Crippen molar-refractivity contribution in [2.24, 2.45) is 10.9 Å². The van der Waals surface area contributed by atoms with E-state index in [0.717, 1.165) is 44.7 Å². The summed E-state index contributed by atoms with van der Waals surface area (Å²) in [4.78, 5) is 9.63. The molecule has 1 saturated heterocycles. The van der Waals surface area contributed by atoms with Gasteiger partial charge in [-0.05, 0) is 45.2 Å².